The number of nitro groups is 1. The van der Waals surface area contributed by atoms with Gasteiger partial charge in [0, 0.05) is 22.6 Å². The first-order valence-electron chi connectivity index (χ1n) is 7.94. The Balaban J connectivity index is 1.52. The molecule has 0 saturated heterocycles. The van der Waals surface area contributed by atoms with E-state index in [9.17, 15) is 14.9 Å². The average molecular weight is 385 g/mol. The lowest BCUT2D eigenvalue weighted by Gasteiger charge is -2.04. The summed E-state index contributed by atoms with van der Waals surface area (Å²) in [5, 5.41) is 18.3. The van der Waals surface area contributed by atoms with E-state index in [1.54, 1.807) is 0 Å². The number of benzene rings is 2. The zero-order chi connectivity index (χ0) is 19.2. The van der Waals surface area contributed by atoms with Crippen LogP contribution in [0.2, 0.25) is 0 Å². The van der Waals surface area contributed by atoms with Gasteiger partial charge in [0.15, 0.2) is 6.61 Å². The lowest BCUT2D eigenvalue weighted by molar-refractivity contribution is -0.384. The molecule has 27 heavy (non-hydrogen) atoms. The van der Waals surface area contributed by atoms with Crippen LogP contribution in [-0.4, -0.2) is 26.8 Å². The van der Waals surface area contributed by atoms with Crippen LogP contribution in [-0.2, 0) is 16.1 Å². The van der Waals surface area contributed by atoms with Crippen LogP contribution in [0.15, 0.2) is 57.8 Å². The van der Waals surface area contributed by atoms with Gasteiger partial charge in [0.25, 0.3) is 11.6 Å². The molecule has 8 nitrogen and oxygen atoms in total. The number of esters is 1. The van der Waals surface area contributed by atoms with Crippen molar-refractivity contribution in [3.05, 3.63) is 70.1 Å². The van der Waals surface area contributed by atoms with Crippen LogP contribution in [0.1, 0.15) is 11.5 Å². The van der Waals surface area contributed by atoms with Gasteiger partial charge in [-0.15, -0.1) is 22.0 Å². The minimum atomic E-state index is -0.489. The second-order valence-electron chi connectivity index (χ2n) is 5.52. The second kappa shape index (κ2) is 8.45. The lowest BCUT2D eigenvalue weighted by atomic mass is 10.2. The SMILES string of the molecule is Cc1ccccc1SCC(=O)OCc1nnc(-c2ccc([N+](=O)[O-])cc2)o1. The van der Waals surface area contributed by atoms with Crippen LogP contribution in [0.5, 0.6) is 0 Å². The molecule has 3 aromatic rings. The number of aromatic nitrogens is 2. The summed E-state index contributed by atoms with van der Waals surface area (Å²) in [6, 6.07) is 13.5. The maximum atomic E-state index is 11.9. The molecule has 0 aliphatic heterocycles. The number of rotatable bonds is 7. The highest BCUT2D eigenvalue weighted by atomic mass is 32.2. The van der Waals surface area contributed by atoms with Crippen LogP contribution in [0, 0.1) is 17.0 Å². The number of ether oxygens (including phenoxy) is 1. The largest absolute Gasteiger partial charge is 0.455 e. The van der Waals surface area contributed by atoms with Crippen LogP contribution in [0.3, 0.4) is 0 Å². The zero-order valence-corrected chi connectivity index (χ0v) is 15.1. The van der Waals surface area contributed by atoms with Crippen molar-refractivity contribution in [2.75, 3.05) is 5.75 Å². The third-order valence-corrected chi connectivity index (χ3v) is 4.74. The lowest BCUT2D eigenvalue weighted by Crippen LogP contribution is -2.07. The van der Waals surface area contributed by atoms with Gasteiger partial charge < -0.3 is 9.15 Å². The minimum Gasteiger partial charge on any atom is -0.455 e. The van der Waals surface area contributed by atoms with E-state index in [4.69, 9.17) is 9.15 Å². The van der Waals surface area contributed by atoms with E-state index in [0.717, 1.165) is 10.5 Å². The number of nitro benzene ring substituents is 1. The molecule has 0 atom stereocenters. The van der Waals surface area contributed by atoms with Crippen molar-refractivity contribution in [1.29, 1.82) is 0 Å². The summed E-state index contributed by atoms with van der Waals surface area (Å²) in [6.45, 7) is 1.85. The Morgan fingerprint density at radius 1 is 1.19 bits per heavy atom. The molecule has 0 fully saturated rings. The van der Waals surface area contributed by atoms with Gasteiger partial charge in [0.05, 0.1) is 10.7 Å². The molecule has 0 N–H and O–H groups in total. The summed E-state index contributed by atoms with van der Waals surface area (Å²) in [5.41, 5.74) is 1.61. The highest BCUT2D eigenvalue weighted by Crippen LogP contribution is 2.23. The summed E-state index contributed by atoms with van der Waals surface area (Å²) in [7, 11) is 0. The van der Waals surface area contributed by atoms with E-state index in [1.165, 1.54) is 36.0 Å². The van der Waals surface area contributed by atoms with Gasteiger partial charge >= 0.3 is 5.97 Å². The van der Waals surface area contributed by atoms with Crippen LogP contribution in [0.25, 0.3) is 11.5 Å². The zero-order valence-electron chi connectivity index (χ0n) is 14.3. The normalized spacial score (nSPS) is 10.6. The van der Waals surface area contributed by atoms with Gasteiger partial charge in [0.1, 0.15) is 0 Å². The number of nitrogens with zero attached hydrogens (tertiary/aromatic N) is 3. The van der Waals surface area contributed by atoms with Gasteiger partial charge in [-0.2, -0.15) is 0 Å². The minimum absolute atomic E-state index is 0.0291. The van der Waals surface area contributed by atoms with Crippen molar-refractivity contribution in [3.8, 4) is 11.5 Å². The number of carbonyl (C=O) groups excluding carboxylic acids is 1. The second-order valence-corrected chi connectivity index (χ2v) is 6.54. The number of aryl methyl sites for hydroxylation is 1. The fourth-order valence-electron chi connectivity index (χ4n) is 2.19. The first kappa shape index (κ1) is 18.6. The topological polar surface area (TPSA) is 108 Å². The number of hydrogen-bond acceptors (Lipinski definition) is 8. The Bertz CT molecular complexity index is 956. The quantitative estimate of drug-likeness (QED) is 0.262. The molecular weight excluding hydrogens is 370 g/mol. The molecule has 1 aromatic heterocycles. The van der Waals surface area contributed by atoms with E-state index in [2.05, 4.69) is 10.2 Å². The van der Waals surface area contributed by atoms with Crippen molar-refractivity contribution in [2.24, 2.45) is 0 Å². The number of thioether (sulfide) groups is 1. The summed E-state index contributed by atoms with van der Waals surface area (Å²) < 4.78 is 10.6. The fraction of sp³-hybridized carbons (Fsp3) is 0.167. The maximum absolute atomic E-state index is 11.9. The predicted molar refractivity (Wildman–Crippen MR) is 98.1 cm³/mol. The average Bonchev–Trinajstić information content (AvgIpc) is 3.15. The van der Waals surface area contributed by atoms with E-state index >= 15 is 0 Å². The van der Waals surface area contributed by atoms with Gasteiger partial charge in [-0.25, -0.2) is 0 Å². The Kier molecular flexibility index (Phi) is 5.82. The molecule has 0 radical (unpaired) electrons. The molecule has 0 saturated carbocycles. The highest BCUT2D eigenvalue weighted by Gasteiger charge is 2.13. The summed E-state index contributed by atoms with van der Waals surface area (Å²) in [5.74, 6) is 0.134. The third-order valence-electron chi connectivity index (χ3n) is 3.59. The number of hydrogen-bond donors (Lipinski definition) is 0. The molecule has 138 valence electrons. The van der Waals surface area contributed by atoms with Gasteiger partial charge in [0.2, 0.25) is 5.89 Å². The molecule has 0 unspecified atom stereocenters. The van der Waals surface area contributed by atoms with Crippen molar-refractivity contribution >= 4 is 23.4 Å². The van der Waals surface area contributed by atoms with E-state index < -0.39 is 10.9 Å². The molecule has 9 heteroatoms. The Morgan fingerprint density at radius 3 is 2.63 bits per heavy atom. The van der Waals surface area contributed by atoms with E-state index in [0.29, 0.717) is 5.56 Å². The molecule has 0 aliphatic rings. The molecule has 2 aromatic carbocycles. The van der Waals surface area contributed by atoms with Gasteiger partial charge in [-0.05, 0) is 30.7 Å². The first-order valence-corrected chi connectivity index (χ1v) is 8.93. The predicted octanol–water partition coefficient (Wildman–Crippen LogP) is 3.79. The molecule has 0 spiro atoms. The van der Waals surface area contributed by atoms with Crippen molar-refractivity contribution < 1.29 is 18.9 Å². The summed E-state index contributed by atoms with van der Waals surface area (Å²) >= 11 is 1.40. The number of non-ortho nitro benzene ring substituents is 1. The van der Waals surface area contributed by atoms with Crippen LogP contribution >= 0.6 is 11.8 Å². The number of carbonyl (C=O) groups is 1. The monoisotopic (exact) mass is 385 g/mol. The molecule has 0 amide bonds. The Labute approximate surface area is 158 Å². The Hall–Kier alpha value is -3.20. The standard InChI is InChI=1S/C18H15N3O5S/c1-12-4-2-3-5-15(12)27-11-17(22)25-10-16-19-20-18(26-16)13-6-8-14(9-7-13)21(23)24/h2-9H,10-11H2,1H3. The van der Waals surface area contributed by atoms with Crippen molar-refractivity contribution in [3.63, 3.8) is 0 Å². The van der Waals surface area contributed by atoms with E-state index in [1.807, 2.05) is 31.2 Å². The van der Waals surface area contributed by atoms with Crippen LogP contribution < -0.4 is 0 Å². The van der Waals surface area contributed by atoms with E-state index in [-0.39, 0.29) is 29.8 Å². The highest BCUT2D eigenvalue weighted by molar-refractivity contribution is 8.00. The molecule has 0 aliphatic carbocycles. The fourth-order valence-corrected chi connectivity index (χ4v) is 3.02. The summed E-state index contributed by atoms with van der Waals surface area (Å²) in [6.07, 6.45) is 0. The third kappa shape index (κ3) is 4.91. The molecule has 3 rings (SSSR count). The molecular formula is C18H15N3O5S. The molecule has 0 bridgehead atoms. The smallest absolute Gasteiger partial charge is 0.316 e. The van der Waals surface area contributed by atoms with Crippen molar-refractivity contribution in [2.45, 2.75) is 18.4 Å². The molecule has 1 heterocycles. The Morgan fingerprint density at radius 2 is 1.93 bits per heavy atom. The van der Waals surface area contributed by atoms with Gasteiger partial charge in [-0.3, -0.25) is 14.9 Å². The van der Waals surface area contributed by atoms with Crippen molar-refractivity contribution in [1.82, 2.24) is 10.2 Å². The first-order chi connectivity index (χ1) is 13.0. The van der Waals surface area contributed by atoms with Crippen LogP contribution in [0.4, 0.5) is 5.69 Å². The summed E-state index contributed by atoms with van der Waals surface area (Å²) in [4.78, 5) is 23.1. The maximum Gasteiger partial charge on any atom is 0.316 e. The van der Waals surface area contributed by atoms with Gasteiger partial charge in [-0.1, -0.05) is 18.2 Å².